The van der Waals surface area contributed by atoms with Crippen molar-refractivity contribution in [3.8, 4) is 17.5 Å². The van der Waals surface area contributed by atoms with Crippen LogP contribution in [-0.2, 0) is 10.0 Å². The van der Waals surface area contributed by atoms with Gasteiger partial charge < -0.3 is 14.2 Å². The zero-order valence-electron chi connectivity index (χ0n) is 14.9. The zero-order chi connectivity index (χ0) is 18.7. The summed E-state index contributed by atoms with van der Waals surface area (Å²) >= 11 is 0. The Balaban J connectivity index is 1.76. The van der Waals surface area contributed by atoms with E-state index >= 15 is 0 Å². The normalized spacial score (nSPS) is 17.9. The van der Waals surface area contributed by atoms with E-state index in [1.54, 1.807) is 12.1 Å². The fourth-order valence-electron chi connectivity index (χ4n) is 2.79. The number of rotatable bonds is 6. The molecule has 1 atom stereocenters. The van der Waals surface area contributed by atoms with Crippen molar-refractivity contribution in [1.29, 1.82) is 0 Å². The maximum absolute atomic E-state index is 13.0. The minimum atomic E-state index is -3.67. The van der Waals surface area contributed by atoms with Gasteiger partial charge in [0.05, 0.1) is 33.2 Å². The van der Waals surface area contributed by atoms with Gasteiger partial charge in [0.15, 0.2) is 0 Å². The van der Waals surface area contributed by atoms with Crippen molar-refractivity contribution in [2.75, 3.05) is 27.3 Å². The van der Waals surface area contributed by atoms with Gasteiger partial charge >= 0.3 is 0 Å². The Morgan fingerprint density at radius 2 is 1.92 bits per heavy atom. The molecule has 0 saturated carbocycles. The molecule has 9 heteroatoms. The van der Waals surface area contributed by atoms with Gasteiger partial charge in [0, 0.05) is 6.54 Å². The van der Waals surface area contributed by atoms with Gasteiger partial charge in [0.1, 0.15) is 16.7 Å². The Kier molecular flexibility index (Phi) is 5.28. The maximum Gasteiger partial charge on any atom is 0.246 e. The summed E-state index contributed by atoms with van der Waals surface area (Å²) in [5.41, 5.74) is 0.850. The summed E-state index contributed by atoms with van der Waals surface area (Å²) in [5, 5.41) is 0. The molecule has 140 valence electrons. The minimum Gasteiger partial charge on any atom is -0.495 e. The second-order valence-electron chi connectivity index (χ2n) is 5.95. The van der Waals surface area contributed by atoms with Crippen LogP contribution in [0.5, 0.6) is 17.5 Å². The molecule has 1 aromatic heterocycles. The van der Waals surface area contributed by atoms with E-state index in [-0.39, 0.29) is 17.5 Å². The van der Waals surface area contributed by atoms with Crippen molar-refractivity contribution in [2.45, 2.75) is 24.3 Å². The van der Waals surface area contributed by atoms with Crippen molar-refractivity contribution < 1.29 is 22.6 Å². The van der Waals surface area contributed by atoms with E-state index in [1.807, 2.05) is 13.0 Å². The van der Waals surface area contributed by atoms with Gasteiger partial charge in [0.25, 0.3) is 0 Å². The van der Waals surface area contributed by atoms with Gasteiger partial charge in [-0.25, -0.2) is 8.42 Å². The number of aryl methyl sites for hydroxylation is 1. The van der Waals surface area contributed by atoms with Gasteiger partial charge in [-0.1, -0.05) is 6.07 Å². The van der Waals surface area contributed by atoms with E-state index in [9.17, 15) is 8.42 Å². The van der Waals surface area contributed by atoms with Crippen molar-refractivity contribution in [3.63, 3.8) is 0 Å². The van der Waals surface area contributed by atoms with Crippen LogP contribution in [0.1, 0.15) is 12.0 Å². The van der Waals surface area contributed by atoms with Crippen LogP contribution >= 0.6 is 0 Å². The third-order valence-electron chi connectivity index (χ3n) is 4.13. The highest BCUT2D eigenvalue weighted by Crippen LogP contribution is 2.30. The van der Waals surface area contributed by atoms with E-state index in [0.717, 1.165) is 5.56 Å². The lowest BCUT2D eigenvalue weighted by Crippen LogP contribution is -2.31. The number of aromatic nitrogens is 2. The first kappa shape index (κ1) is 18.4. The summed E-state index contributed by atoms with van der Waals surface area (Å²) in [4.78, 5) is 8.30. The topological polar surface area (TPSA) is 90.9 Å². The molecule has 1 aliphatic heterocycles. The summed E-state index contributed by atoms with van der Waals surface area (Å²) in [6.45, 7) is 2.44. The van der Waals surface area contributed by atoms with Crippen LogP contribution in [-0.4, -0.2) is 56.1 Å². The number of methoxy groups -OCH3 is 2. The Hall–Kier alpha value is -2.39. The van der Waals surface area contributed by atoms with E-state index in [4.69, 9.17) is 14.2 Å². The van der Waals surface area contributed by atoms with Crippen LogP contribution in [0.2, 0.25) is 0 Å². The monoisotopic (exact) mass is 379 g/mol. The molecule has 8 nitrogen and oxygen atoms in total. The number of ether oxygens (including phenoxy) is 3. The molecule has 1 aliphatic rings. The second-order valence-corrected chi connectivity index (χ2v) is 7.85. The highest BCUT2D eigenvalue weighted by molar-refractivity contribution is 7.89. The van der Waals surface area contributed by atoms with Crippen LogP contribution in [0.15, 0.2) is 35.5 Å². The molecule has 0 unspecified atom stereocenters. The van der Waals surface area contributed by atoms with E-state index in [2.05, 4.69) is 9.97 Å². The van der Waals surface area contributed by atoms with Crippen LogP contribution in [0, 0.1) is 6.92 Å². The van der Waals surface area contributed by atoms with Crippen molar-refractivity contribution in [1.82, 2.24) is 14.3 Å². The molecule has 2 heterocycles. The van der Waals surface area contributed by atoms with Crippen molar-refractivity contribution >= 4 is 10.0 Å². The first-order chi connectivity index (χ1) is 12.4. The first-order valence-corrected chi connectivity index (χ1v) is 9.55. The molecule has 3 rings (SSSR count). The molecular weight excluding hydrogens is 358 g/mol. The van der Waals surface area contributed by atoms with Gasteiger partial charge in [-0.2, -0.15) is 9.29 Å². The van der Waals surface area contributed by atoms with Crippen LogP contribution in [0.3, 0.4) is 0 Å². The average Bonchev–Trinajstić information content (AvgIpc) is 3.11. The Bertz CT molecular complexity index is 888. The molecule has 2 aromatic rings. The minimum absolute atomic E-state index is 0.168. The summed E-state index contributed by atoms with van der Waals surface area (Å²) in [5.74, 6) is 0.981. The standard InChI is InChI=1S/C17H21N3O5S/c1-12-4-5-14(23-2)15(8-12)26(21,22)20-7-6-13(11-20)25-17-10-18-9-16(19-17)24-3/h4-5,8-10,13H,6-7,11H2,1-3H3/t13-/m0/s1. The predicted octanol–water partition coefficient (Wildman–Crippen LogP) is 1.64. The maximum atomic E-state index is 13.0. The molecule has 0 bridgehead atoms. The third kappa shape index (κ3) is 3.73. The van der Waals surface area contributed by atoms with Gasteiger partial charge in [0.2, 0.25) is 21.8 Å². The van der Waals surface area contributed by atoms with Crippen molar-refractivity contribution in [3.05, 3.63) is 36.2 Å². The summed E-state index contributed by atoms with van der Waals surface area (Å²) in [6, 6.07) is 5.10. The molecule has 0 aliphatic carbocycles. The molecule has 1 fully saturated rings. The quantitative estimate of drug-likeness (QED) is 0.753. The van der Waals surface area contributed by atoms with Crippen molar-refractivity contribution in [2.24, 2.45) is 0 Å². The Morgan fingerprint density at radius 1 is 1.15 bits per heavy atom. The SMILES string of the molecule is COc1cncc(O[C@H]2CCN(S(=O)(=O)c3cc(C)ccc3OC)C2)n1. The number of hydrogen-bond donors (Lipinski definition) is 0. The van der Waals surface area contributed by atoms with E-state index < -0.39 is 10.0 Å². The Labute approximate surface area is 152 Å². The second kappa shape index (κ2) is 7.46. The molecule has 0 amide bonds. The average molecular weight is 379 g/mol. The highest BCUT2D eigenvalue weighted by Gasteiger charge is 2.35. The predicted molar refractivity (Wildman–Crippen MR) is 94.1 cm³/mol. The van der Waals surface area contributed by atoms with Gasteiger partial charge in [-0.3, -0.25) is 4.98 Å². The summed E-state index contributed by atoms with van der Waals surface area (Å²) in [7, 11) is -0.722. The number of hydrogen-bond acceptors (Lipinski definition) is 7. The summed E-state index contributed by atoms with van der Waals surface area (Å²) < 4.78 is 43.4. The number of nitrogens with zero attached hydrogens (tertiary/aromatic N) is 3. The molecule has 1 saturated heterocycles. The van der Waals surface area contributed by atoms with Crippen LogP contribution in [0.4, 0.5) is 0 Å². The number of sulfonamides is 1. The van der Waals surface area contributed by atoms with Gasteiger partial charge in [-0.15, -0.1) is 0 Å². The molecule has 1 aromatic carbocycles. The molecule has 26 heavy (non-hydrogen) atoms. The smallest absolute Gasteiger partial charge is 0.246 e. The molecule has 0 N–H and O–H groups in total. The van der Waals surface area contributed by atoms with Crippen LogP contribution < -0.4 is 14.2 Å². The molecular formula is C17H21N3O5S. The third-order valence-corrected chi connectivity index (χ3v) is 6.02. The lowest BCUT2D eigenvalue weighted by atomic mass is 10.2. The zero-order valence-corrected chi connectivity index (χ0v) is 15.7. The largest absolute Gasteiger partial charge is 0.495 e. The lowest BCUT2D eigenvalue weighted by Gasteiger charge is -2.19. The molecule has 0 spiro atoms. The fourth-order valence-corrected chi connectivity index (χ4v) is 4.52. The molecule has 0 radical (unpaired) electrons. The summed E-state index contributed by atoms with van der Waals surface area (Å²) in [6.07, 6.45) is 3.21. The first-order valence-electron chi connectivity index (χ1n) is 8.11. The lowest BCUT2D eigenvalue weighted by molar-refractivity contribution is 0.203. The fraction of sp³-hybridized carbons (Fsp3) is 0.412. The van der Waals surface area contributed by atoms with Crippen LogP contribution in [0.25, 0.3) is 0 Å². The highest BCUT2D eigenvalue weighted by atomic mass is 32.2. The van der Waals surface area contributed by atoms with Gasteiger partial charge in [-0.05, 0) is 31.0 Å². The number of benzene rings is 1. The Morgan fingerprint density at radius 3 is 2.65 bits per heavy atom. The van der Waals surface area contributed by atoms with E-state index in [0.29, 0.717) is 30.5 Å². The van der Waals surface area contributed by atoms with E-state index in [1.165, 1.54) is 30.9 Å².